The number of amides is 2. The first kappa shape index (κ1) is 19.0. The molecule has 0 bridgehead atoms. The van der Waals surface area contributed by atoms with Gasteiger partial charge in [-0.1, -0.05) is 11.6 Å². The summed E-state index contributed by atoms with van der Waals surface area (Å²) in [7, 11) is 5.76. The second-order valence-electron chi connectivity index (χ2n) is 6.10. The maximum absolute atomic E-state index is 12.2. The molecule has 1 aromatic carbocycles. The molecule has 6 nitrogen and oxygen atoms in total. The number of rotatable bonds is 7. The van der Waals surface area contributed by atoms with E-state index in [1.807, 2.05) is 14.1 Å². The maximum atomic E-state index is 12.2. The van der Waals surface area contributed by atoms with Crippen LogP contribution in [0.4, 0.5) is 5.69 Å². The lowest BCUT2D eigenvalue weighted by Gasteiger charge is -2.10. The minimum Gasteiger partial charge on any atom is -0.351 e. The van der Waals surface area contributed by atoms with Gasteiger partial charge in [0, 0.05) is 30.4 Å². The molecule has 134 valence electrons. The second-order valence-corrected chi connectivity index (χ2v) is 6.54. The summed E-state index contributed by atoms with van der Waals surface area (Å²) in [6, 6.07) is 8.29. The van der Waals surface area contributed by atoms with Crippen molar-refractivity contribution >= 4 is 29.1 Å². The lowest BCUT2D eigenvalue weighted by atomic mass is 10.2. The van der Waals surface area contributed by atoms with Gasteiger partial charge in [-0.05, 0) is 57.4 Å². The van der Waals surface area contributed by atoms with Crippen molar-refractivity contribution in [2.75, 3.05) is 32.5 Å². The molecule has 0 unspecified atom stereocenters. The third-order valence-corrected chi connectivity index (χ3v) is 3.92. The molecule has 25 heavy (non-hydrogen) atoms. The Labute approximate surface area is 152 Å². The quantitative estimate of drug-likeness (QED) is 0.744. The van der Waals surface area contributed by atoms with Crippen LogP contribution in [0, 0.1) is 0 Å². The van der Waals surface area contributed by atoms with E-state index in [0.29, 0.717) is 28.5 Å². The minimum atomic E-state index is -0.250. The molecule has 0 aliphatic heterocycles. The van der Waals surface area contributed by atoms with Crippen molar-refractivity contribution in [2.24, 2.45) is 7.05 Å². The van der Waals surface area contributed by atoms with Crippen molar-refractivity contribution < 1.29 is 9.59 Å². The highest BCUT2D eigenvalue weighted by Gasteiger charge is 2.13. The topological polar surface area (TPSA) is 66.4 Å². The Hall–Kier alpha value is -2.31. The zero-order valence-electron chi connectivity index (χ0n) is 14.7. The van der Waals surface area contributed by atoms with Crippen LogP contribution in [0.3, 0.4) is 0 Å². The van der Waals surface area contributed by atoms with Crippen LogP contribution in [0.2, 0.25) is 5.02 Å². The highest BCUT2D eigenvalue weighted by molar-refractivity contribution is 6.30. The summed E-state index contributed by atoms with van der Waals surface area (Å²) >= 11 is 5.82. The molecule has 0 fully saturated rings. The lowest BCUT2D eigenvalue weighted by molar-refractivity contribution is 0.0943. The molecule has 0 saturated carbocycles. The van der Waals surface area contributed by atoms with Crippen molar-refractivity contribution in [3.05, 3.63) is 52.8 Å². The fourth-order valence-electron chi connectivity index (χ4n) is 2.35. The molecule has 2 amide bonds. The molecular formula is C18H23ClN4O2. The van der Waals surface area contributed by atoms with Crippen molar-refractivity contribution in [3.8, 4) is 0 Å². The summed E-state index contributed by atoms with van der Waals surface area (Å²) in [6.45, 7) is 1.52. The summed E-state index contributed by atoms with van der Waals surface area (Å²) in [5.41, 5.74) is 1.57. The molecule has 1 heterocycles. The second kappa shape index (κ2) is 8.69. The van der Waals surface area contributed by atoms with E-state index < -0.39 is 0 Å². The molecular weight excluding hydrogens is 340 g/mol. The SMILES string of the molecule is CN(C)CCCNC(=O)c1cc(NC(=O)c2ccc(Cl)cc2)cn1C. The van der Waals surface area contributed by atoms with Gasteiger partial charge in [0.2, 0.25) is 0 Å². The molecule has 0 atom stereocenters. The Morgan fingerprint density at radius 1 is 1.16 bits per heavy atom. The first-order valence-corrected chi connectivity index (χ1v) is 8.41. The summed E-state index contributed by atoms with van der Waals surface area (Å²) in [4.78, 5) is 26.5. The monoisotopic (exact) mass is 362 g/mol. The highest BCUT2D eigenvalue weighted by atomic mass is 35.5. The van der Waals surface area contributed by atoms with Gasteiger partial charge >= 0.3 is 0 Å². The van der Waals surface area contributed by atoms with Crippen molar-refractivity contribution in [1.29, 1.82) is 0 Å². The number of carbonyl (C=O) groups is 2. The molecule has 7 heteroatoms. The van der Waals surface area contributed by atoms with Crippen molar-refractivity contribution in [1.82, 2.24) is 14.8 Å². The molecule has 1 aromatic heterocycles. The van der Waals surface area contributed by atoms with Gasteiger partial charge in [0.05, 0.1) is 5.69 Å². The zero-order chi connectivity index (χ0) is 18.4. The predicted octanol–water partition coefficient (Wildman–Crippen LogP) is 2.61. The number of nitrogens with zero attached hydrogens (tertiary/aromatic N) is 2. The van der Waals surface area contributed by atoms with Gasteiger partial charge in [-0.15, -0.1) is 0 Å². The third-order valence-electron chi connectivity index (χ3n) is 3.67. The first-order chi connectivity index (χ1) is 11.9. The summed E-state index contributed by atoms with van der Waals surface area (Å²) in [5, 5.41) is 6.25. The Morgan fingerprint density at radius 3 is 2.48 bits per heavy atom. The van der Waals surface area contributed by atoms with Crippen LogP contribution in [0.1, 0.15) is 27.3 Å². The largest absolute Gasteiger partial charge is 0.351 e. The molecule has 0 aliphatic carbocycles. The van der Waals surface area contributed by atoms with Gasteiger partial charge in [-0.3, -0.25) is 9.59 Å². The Kier molecular flexibility index (Phi) is 6.61. The van der Waals surface area contributed by atoms with Crippen LogP contribution in [-0.4, -0.2) is 48.5 Å². The number of hydrogen-bond donors (Lipinski definition) is 2. The van der Waals surface area contributed by atoms with Crippen molar-refractivity contribution in [3.63, 3.8) is 0 Å². The molecule has 2 aromatic rings. The number of benzene rings is 1. The zero-order valence-corrected chi connectivity index (χ0v) is 15.4. The number of nitrogens with one attached hydrogen (secondary N) is 2. The van der Waals surface area contributed by atoms with Gasteiger partial charge in [0.25, 0.3) is 11.8 Å². The van der Waals surface area contributed by atoms with E-state index >= 15 is 0 Å². The molecule has 0 aliphatic rings. The highest BCUT2D eigenvalue weighted by Crippen LogP contribution is 2.15. The Bertz CT molecular complexity index is 738. The number of hydrogen-bond acceptors (Lipinski definition) is 3. The number of carbonyl (C=O) groups excluding carboxylic acids is 2. The standard InChI is InChI=1S/C18H23ClN4O2/c1-22(2)10-4-9-20-18(25)16-11-15(12-23(16)3)21-17(24)13-5-7-14(19)8-6-13/h5-8,11-12H,4,9-10H2,1-3H3,(H,20,25)(H,21,24). The van der Waals surface area contributed by atoms with Crippen molar-refractivity contribution in [2.45, 2.75) is 6.42 Å². The van der Waals surface area contributed by atoms with E-state index in [0.717, 1.165) is 13.0 Å². The average molecular weight is 363 g/mol. The number of anilines is 1. The lowest BCUT2D eigenvalue weighted by Crippen LogP contribution is -2.28. The van der Waals surface area contributed by atoms with Gasteiger partial charge in [-0.2, -0.15) is 0 Å². The third kappa shape index (κ3) is 5.62. The van der Waals surface area contributed by atoms with Gasteiger partial charge < -0.3 is 20.1 Å². The van der Waals surface area contributed by atoms with E-state index in [1.165, 1.54) is 0 Å². The van der Waals surface area contributed by atoms with E-state index in [9.17, 15) is 9.59 Å². The van der Waals surface area contributed by atoms with E-state index in [-0.39, 0.29) is 11.8 Å². The summed E-state index contributed by atoms with van der Waals surface area (Å²) < 4.78 is 1.69. The van der Waals surface area contributed by atoms with E-state index in [4.69, 9.17) is 11.6 Å². The molecule has 2 rings (SSSR count). The fourth-order valence-corrected chi connectivity index (χ4v) is 2.48. The van der Waals surface area contributed by atoms with Crippen LogP contribution in [0.15, 0.2) is 36.5 Å². The minimum absolute atomic E-state index is 0.159. The summed E-state index contributed by atoms with van der Waals surface area (Å²) in [5.74, 6) is -0.409. The van der Waals surface area contributed by atoms with Crippen LogP contribution in [0.25, 0.3) is 0 Å². The number of aromatic nitrogens is 1. The average Bonchev–Trinajstić information content (AvgIpc) is 2.92. The van der Waals surface area contributed by atoms with Gasteiger partial charge in [0.15, 0.2) is 0 Å². The molecule has 0 radical (unpaired) electrons. The van der Waals surface area contributed by atoms with Crippen LogP contribution < -0.4 is 10.6 Å². The smallest absolute Gasteiger partial charge is 0.267 e. The van der Waals surface area contributed by atoms with Crippen LogP contribution >= 0.6 is 11.6 Å². The van der Waals surface area contributed by atoms with Crippen LogP contribution in [-0.2, 0) is 7.05 Å². The molecule has 2 N–H and O–H groups in total. The van der Waals surface area contributed by atoms with E-state index in [1.54, 1.807) is 48.1 Å². The summed E-state index contributed by atoms with van der Waals surface area (Å²) in [6.07, 6.45) is 2.59. The Morgan fingerprint density at radius 2 is 1.84 bits per heavy atom. The van der Waals surface area contributed by atoms with Gasteiger partial charge in [0.1, 0.15) is 5.69 Å². The normalized spacial score (nSPS) is 10.8. The number of halogens is 1. The van der Waals surface area contributed by atoms with E-state index in [2.05, 4.69) is 15.5 Å². The molecule has 0 spiro atoms. The van der Waals surface area contributed by atoms with Crippen LogP contribution in [0.5, 0.6) is 0 Å². The van der Waals surface area contributed by atoms with Gasteiger partial charge in [-0.25, -0.2) is 0 Å². The molecule has 0 saturated heterocycles. The number of aryl methyl sites for hydroxylation is 1. The first-order valence-electron chi connectivity index (χ1n) is 8.03. The maximum Gasteiger partial charge on any atom is 0.267 e. The Balaban J connectivity index is 1.95. The fraction of sp³-hybridized carbons (Fsp3) is 0.333. The predicted molar refractivity (Wildman–Crippen MR) is 100 cm³/mol.